The molecule has 1 N–H and O–H groups in total. The first-order valence-electron chi connectivity index (χ1n) is 7.52. The summed E-state index contributed by atoms with van der Waals surface area (Å²) >= 11 is 0. The first-order valence-corrected chi connectivity index (χ1v) is 7.52. The van der Waals surface area contributed by atoms with E-state index in [1.165, 1.54) is 0 Å². The fourth-order valence-corrected chi connectivity index (χ4v) is 3.06. The molecule has 3 amide bonds. The van der Waals surface area contributed by atoms with Crippen LogP contribution in [0.2, 0.25) is 0 Å². The van der Waals surface area contributed by atoms with E-state index in [-0.39, 0.29) is 42.7 Å². The van der Waals surface area contributed by atoms with Crippen molar-refractivity contribution < 1.29 is 14.4 Å². The Labute approximate surface area is 141 Å². The van der Waals surface area contributed by atoms with Crippen LogP contribution in [0.4, 0.5) is 0 Å². The van der Waals surface area contributed by atoms with Gasteiger partial charge < -0.3 is 10.2 Å². The standard InChI is InChI=1S/C16H19N3O3.ClH/c1-17-11-5-4-8-18(9-11)14(20)10-19-15(21)12-6-2-3-7-13(12)16(19)22;/h2-3,6-7,11,17H,4-5,8-10H2,1H3;1H. The van der Waals surface area contributed by atoms with Crippen LogP contribution in [-0.2, 0) is 4.79 Å². The van der Waals surface area contributed by atoms with Gasteiger partial charge in [0.25, 0.3) is 11.8 Å². The Bertz CT molecular complexity index is 600. The first kappa shape index (κ1) is 17.4. The largest absolute Gasteiger partial charge is 0.340 e. The van der Waals surface area contributed by atoms with Crippen LogP contribution in [0.15, 0.2) is 24.3 Å². The fraction of sp³-hybridized carbons (Fsp3) is 0.438. The molecule has 1 aromatic rings. The molecule has 1 fully saturated rings. The minimum Gasteiger partial charge on any atom is -0.340 e. The van der Waals surface area contributed by atoms with E-state index < -0.39 is 0 Å². The Kier molecular flexibility index (Phi) is 5.38. The molecule has 1 saturated heterocycles. The molecule has 7 heteroatoms. The number of likely N-dealkylation sites (tertiary alicyclic amines) is 1. The van der Waals surface area contributed by atoms with Gasteiger partial charge >= 0.3 is 0 Å². The van der Waals surface area contributed by atoms with E-state index in [9.17, 15) is 14.4 Å². The summed E-state index contributed by atoms with van der Waals surface area (Å²) in [6.45, 7) is 1.13. The normalized spacial score (nSPS) is 20.3. The van der Waals surface area contributed by atoms with Crippen molar-refractivity contribution in [1.29, 1.82) is 0 Å². The highest BCUT2D eigenvalue weighted by Gasteiger charge is 2.37. The van der Waals surface area contributed by atoms with Gasteiger partial charge in [-0.25, -0.2) is 0 Å². The summed E-state index contributed by atoms with van der Waals surface area (Å²) in [6, 6.07) is 6.96. The topological polar surface area (TPSA) is 69.7 Å². The molecular formula is C16H20ClN3O3. The van der Waals surface area contributed by atoms with E-state index in [0.29, 0.717) is 24.2 Å². The van der Waals surface area contributed by atoms with Crippen molar-refractivity contribution in [1.82, 2.24) is 15.1 Å². The minimum absolute atomic E-state index is 0. The molecular weight excluding hydrogens is 318 g/mol. The molecule has 0 spiro atoms. The van der Waals surface area contributed by atoms with Gasteiger partial charge in [0.2, 0.25) is 5.91 Å². The second kappa shape index (κ2) is 7.10. The summed E-state index contributed by atoms with van der Waals surface area (Å²) in [5.74, 6) is -0.929. The average Bonchev–Trinajstić information content (AvgIpc) is 2.80. The van der Waals surface area contributed by atoms with Crippen molar-refractivity contribution >= 4 is 30.1 Å². The highest BCUT2D eigenvalue weighted by Crippen LogP contribution is 2.22. The Hall–Kier alpha value is -1.92. The zero-order valence-electron chi connectivity index (χ0n) is 12.9. The lowest BCUT2D eigenvalue weighted by Crippen LogP contribution is -2.50. The number of hydrogen-bond acceptors (Lipinski definition) is 4. The second-order valence-corrected chi connectivity index (χ2v) is 5.71. The SMILES string of the molecule is CNC1CCCN(C(=O)CN2C(=O)c3ccccc3C2=O)C1.Cl. The monoisotopic (exact) mass is 337 g/mol. The zero-order chi connectivity index (χ0) is 15.7. The van der Waals surface area contributed by atoms with E-state index in [0.717, 1.165) is 17.7 Å². The second-order valence-electron chi connectivity index (χ2n) is 5.71. The quantitative estimate of drug-likeness (QED) is 0.833. The Morgan fingerprint density at radius 2 is 1.83 bits per heavy atom. The molecule has 1 aromatic carbocycles. The molecule has 0 aromatic heterocycles. The summed E-state index contributed by atoms with van der Waals surface area (Å²) in [4.78, 5) is 39.7. The minimum atomic E-state index is -0.379. The lowest BCUT2D eigenvalue weighted by Gasteiger charge is -2.33. The van der Waals surface area contributed by atoms with Gasteiger partial charge in [0.15, 0.2) is 0 Å². The number of imide groups is 1. The van der Waals surface area contributed by atoms with Crippen molar-refractivity contribution in [3.63, 3.8) is 0 Å². The number of likely N-dealkylation sites (N-methyl/N-ethyl adjacent to an activating group) is 1. The summed E-state index contributed by atoms with van der Waals surface area (Å²) in [5.41, 5.74) is 0.763. The van der Waals surface area contributed by atoms with Gasteiger partial charge in [-0.15, -0.1) is 12.4 Å². The number of rotatable bonds is 3. The molecule has 1 unspecified atom stereocenters. The lowest BCUT2D eigenvalue weighted by molar-refractivity contribution is -0.132. The van der Waals surface area contributed by atoms with E-state index in [2.05, 4.69) is 5.32 Å². The smallest absolute Gasteiger partial charge is 0.262 e. The van der Waals surface area contributed by atoms with Crippen LogP contribution in [0.5, 0.6) is 0 Å². The van der Waals surface area contributed by atoms with E-state index in [1.54, 1.807) is 29.2 Å². The molecule has 0 radical (unpaired) electrons. The van der Waals surface area contributed by atoms with Crippen LogP contribution in [0.25, 0.3) is 0 Å². The maximum atomic E-state index is 12.4. The van der Waals surface area contributed by atoms with Crippen molar-refractivity contribution in [3.05, 3.63) is 35.4 Å². The van der Waals surface area contributed by atoms with Gasteiger partial charge in [-0.1, -0.05) is 12.1 Å². The molecule has 3 rings (SSSR count). The Balaban J connectivity index is 0.00000192. The number of halogens is 1. The predicted molar refractivity (Wildman–Crippen MR) is 87.7 cm³/mol. The number of carbonyl (C=O) groups excluding carboxylic acids is 3. The van der Waals surface area contributed by atoms with Crippen LogP contribution in [-0.4, -0.2) is 60.2 Å². The number of amides is 3. The van der Waals surface area contributed by atoms with E-state index in [1.807, 2.05) is 7.05 Å². The summed E-state index contributed by atoms with van der Waals surface area (Å²) in [6.07, 6.45) is 1.96. The number of nitrogens with one attached hydrogen (secondary N) is 1. The first-order chi connectivity index (χ1) is 10.6. The predicted octanol–water partition coefficient (Wildman–Crippen LogP) is 0.915. The third-order valence-corrected chi connectivity index (χ3v) is 4.35. The van der Waals surface area contributed by atoms with Crippen molar-refractivity contribution in [2.24, 2.45) is 0 Å². The highest BCUT2D eigenvalue weighted by molar-refractivity contribution is 6.22. The summed E-state index contributed by atoms with van der Waals surface area (Å²) < 4.78 is 0. The Morgan fingerprint density at radius 1 is 1.22 bits per heavy atom. The molecule has 1 atom stereocenters. The number of nitrogens with zero attached hydrogens (tertiary/aromatic N) is 2. The highest BCUT2D eigenvalue weighted by atomic mass is 35.5. The third-order valence-electron chi connectivity index (χ3n) is 4.35. The molecule has 2 aliphatic heterocycles. The average molecular weight is 338 g/mol. The molecule has 2 heterocycles. The Morgan fingerprint density at radius 3 is 2.39 bits per heavy atom. The van der Waals surface area contributed by atoms with E-state index in [4.69, 9.17) is 0 Å². The number of piperidine rings is 1. The van der Waals surface area contributed by atoms with Crippen molar-refractivity contribution in [2.45, 2.75) is 18.9 Å². The van der Waals surface area contributed by atoms with Crippen LogP contribution in [0.1, 0.15) is 33.6 Å². The molecule has 124 valence electrons. The van der Waals surface area contributed by atoms with Crippen LogP contribution in [0.3, 0.4) is 0 Å². The molecule has 0 bridgehead atoms. The number of carbonyl (C=O) groups is 3. The van der Waals surface area contributed by atoms with Gasteiger partial charge in [0.1, 0.15) is 6.54 Å². The number of hydrogen-bond donors (Lipinski definition) is 1. The van der Waals surface area contributed by atoms with Crippen LogP contribution < -0.4 is 5.32 Å². The molecule has 0 saturated carbocycles. The molecule has 6 nitrogen and oxygen atoms in total. The number of benzene rings is 1. The van der Waals surface area contributed by atoms with Crippen molar-refractivity contribution in [2.75, 3.05) is 26.7 Å². The van der Waals surface area contributed by atoms with Gasteiger partial charge in [0, 0.05) is 19.1 Å². The van der Waals surface area contributed by atoms with Crippen LogP contribution >= 0.6 is 12.4 Å². The van der Waals surface area contributed by atoms with Gasteiger partial charge in [-0.3, -0.25) is 19.3 Å². The molecule has 0 aliphatic carbocycles. The number of fused-ring (bicyclic) bond motifs is 1. The van der Waals surface area contributed by atoms with E-state index >= 15 is 0 Å². The maximum absolute atomic E-state index is 12.4. The van der Waals surface area contributed by atoms with Crippen molar-refractivity contribution in [3.8, 4) is 0 Å². The van der Waals surface area contributed by atoms with Gasteiger partial charge in [-0.05, 0) is 32.0 Å². The zero-order valence-corrected chi connectivity index (χ0v) is 13.8. The lowest BCUT2D eigenvalue weighted by atomic mass is 10.1. The maximum Gasteiger partial charge on any atom is 0.262 e. The summed E-state index contributed by atoms with van der Waals surface area (Å²) in [5, 5.41) is 3.17. The summed E-state index contributed by atoms with van der Waals surface area (Å²) in [7, 11) is 1.88. The van der Waals surface area contributed by atoms with Gasteiger partial charge in [0.05, 0.1) is 11.1 Å². The van der Waals surface area contributed by atoms with Gasteiger partial charge in [-0.2, -0.15) is 0 Å². The molecule has 23 heavy (non-hydrogen) atoms. The molecule has 2 aliphatic rings. The fourth-order valence-electron chi connectivity index (χ4n) is 3.06. The third kappa shape index (κ3) is 3.23. The van der Waals surface area contributed by atoms with Crippen LogP contribution in [0, 0.1) is 0 Å².